The summed E-state index contributed by atoms with van der Waals surface area (Å²) in [5.74, 6) is 0. The van der Waals surface area contributed by atoms with Crippen molar-refractivity contribution in [2.75, 3.05) is 18.0 Å². The lowest BCUT2D eigenvalue weighted by Gasteiger charge is -2.18. The highest BCUT2D eigenvalue weighted by atomic mass is 16.3. The second-order valence-electron chi connectivity index (χ2n) is 3.54. The van der Waals surface area contributed by atoms with Gasteiger partial charge in [-0.25, -0.2) is 0 Å². The average molecular weight is 230 g/mol. The summed E-state index contributed by atoms with van der Waals surface area (Å²) >= 11 is 0. The quantitative estimate of drug-likeness (QED) is 0.772. The van der Waals surface area contributed by atoms with Crippen molar-refractivity contribution in [2.45, 2.75) is 19.4 Å². The number of nitriles is 2. The van der Waals surface area contributed by atoms with Crippen LogP contribution < -0.4 is 4.90 Å². The Kier molecular flexibility index (Phi) is 4.93. The molecule has 1 N–H and O–H groups in total. The Morgan fingerprint density at radius 1 is 1.35 bits per heavy atom. The molecule has 1 heterocycles. The first kappa shape index (κ1) is 13.0. The number of hydrogen-bond donors (Lipinski definition) is 1. The molecule has 17 heavy (non-hydrogen) atoms. The molecule has 0 saturated carbocycles. The largest absolute Gasteiger partial charge is 0.387 e. The van der Waals surface area contributed by atoms with Crippen molar-refractivity contribution < 1.29 is 5.11 Å². The molecule has 0 aromatic carbocycles. The third-order valence-electron chi connectivity index (χ3n) is 2.39. The van der Waals surface area contributed by atoms with Crippen LogP contribution in [0.3, 0.4) is 0 Å². The number of aliphatic hydroxyl groups is 1. The van der Waals surface area contributed by atoms with Gasteiger partial charge in [0.15, 0.2) is 0 Å². The first-order chi connectivity index (χ1) is 8.22. The zero-order valence-electron chi connectivity index (χ0n) is 9.67. The number of hydrogen-bond acceptors (Lipinski definition) is 5. The Morgan fingerprint density at radius 2 is 2.00 bits per heavy atom. The van der Waals surface area contributed by atoms with Gasteiger partial charge in [-0.3, -0.25) is 4.98 Å². The predicted octanol–water partition coefficient (Wildman–Crippen LogP) is 1.38. The summed E-state index contributed by atoms with van der Waals surface area (Å²) in [7, 11) is 0. The molecule has 0 fully saturated rings. The highest BCUT2D eigenvalue weighted by molar-refractivity contribution is 5.46. The van der Waals surface area contributed by atoms with Crippen LogP contribution in [0.2, 0.25) is 0 Å². The molecule has 0 aliphatic rings. The monoisotopic (exact) mass is 230 g/mol. The van der Waals surface area contributed by atoms with Gasteiger partial charge in [0.2, 0.25) is 0 Å². The number of rotatable bonds is 5. The lowest BCUT2D eigenvalue weighted by molar-refractivity contribution is 0.169. The maximum atomic E-state index is 9.58. The highest BCUT2D eigenvalue weighted by Crippen LogP contribution is 2.17. The van der Waals surface area contributed by atoms with Gasteiger partial charge in [-0.2, -0.15) is 10.5 Å². The smallest absolute Gasteiger partial charge is 0.107 e. The summed E-state index contributed by atoms with van der Waals surface area (Å²) in [6, 6.07) is 7.47. The van der Waals surface area contributed by atoms with Gasteiger partial charge >= 0.3 is 0 Å². The summed E-state index contributed by atoms with van der Waals surface area (Å²) in [6.07, 6.45) is 1.61. The first-order valence-electron chi connectivity index (χ1n) is 5.35. The van der Waals surface area contributed by atoms with E-state index in [9.17, 15) is 5.11 Å². The van der Waals surface area contributed by atoms with Crippen LogP contribution in [0.1, 0.15) is 25.1 Å². The Labute approximate surface area is 101 Å². The molecule has 0 amide bonds. The maximum Gasteiger partial charge on any atom is 0.107 e. The fourth-order valence-corrected chi connectivity index (χ4v) is 1.40. The Balaban J connectivity index is 2.85. The van der Waals surface area contributed by atoms with E-state index in [2.05, 4.69) is 4.98 Å². The molecular formula is C12H14N4O. The van der Waals surface area contributed by atoms with Crippen LogP contribution >= 0.6 is 0 Å². The van der Waals surface area contributed by atoms with Gasteiger partial charge in [-0.15, -0.1) is 0 Å². The van der Waals surface area contributed by atoms with E-state index < -0.39 is 6.10 Å². The second-order valence-corrected chi connectivity index (χ2v) is 3.54. The summed E-state index contributed by atoms with van der Waals surface area (Å²) < 4.78 is 0. The molecule has 0 aliphatic carbocycles. The number of nitrogens with zero attached hydrogens (tertiary/aromatic N) is 4. The standard InChI is InChI=1S/C12H14N4O/c1-2-12(17)11-4-3-10(9-15-11)16(7-5-13)8-6-14/h3-4,9,12,17H,2,7-8H2,1H3/t12-/m0/s1. The summed E-state index contributed by atoms with van der Waals surface area (Å²) in [5, 5.41) is 26.9. The minimum absolute atomic E-state index is 0.144. The predicted molar refractivity (Wildman–Crippen MR) is 62.9 cm³/mol. The summed E-state index contributed by atoms with van der Waals surface area (Å²) in [6.45, 7) is 2.16. The molecule has 0 saturated heterocycles. The minimum atomic E-state index is -0.565. The molecule has 1 atom stereocenters. The first-order valence-corrected chi connectivity index (χ1v) is 5.35. The molecule has 0 radical (unpaired) electrons. The Hall–Kier alpha value is -2.11. The van der Waals surface area contributed by atoms with Crippen LogP contribution in [0.4, 0.5) is 5.69 Å². The fraction of sp³-hybridized carbons (Fsp3) is 0.417. The van der Waals surface area contributed by atoms with Gasteiger partial charge in [-0.1, -0.05) is 6.92 Å². The van der Waals surface area contributed by atoms with Crippen molar-refractivity contribution in [2.24, 2.45) is 0 Å². The van der Waals surface area contributed by atoms with Crippen molar-refractivity contribution in [1.29, 1.82) is 10.5 Å². The van der Waals surface area contributed by atoms with Crippen LogP contribution in [0.5, 0.6) is 0 Å². The van der Waals surface area contributed by atoms with E-state index in [1.807, 2.05) is 19.1 Å². The van der Waals surface area contributed by atoms with E-state index in [0.717, 1.165) is 0 Å². The van der Waals surface area contributed by atoms with Gasteiger partial charge in [-0.05, 0) is 18.6 Å². The van der Waals surface area contributed by atoms with Crippen LogP contribution in [0.15, 0.2) is 18.3 Å². The number of aliphatic hydroxyl groups excluding tert-OH is 1. The van der Waals surface area contributed by atoms with E-state index in [4.69, 9.17) is 10.5 Å². The van der Waals surface area contributed by atoms with Gasteiger partial charge in [0.05, 0.1) is 35.8 Å². The second kappa shape index (κ2) is 6.47. The molecule has 0 bridgehead atoms. The van der Waals surface area contributed by atoms with Gasteiger partial charge in [0.25, 0.3) is 0 Å². The van der Waals surface area contributed by atoms with Crippen LogP contribution in [-0.2, 0) is 0 Å². The molecule has 1 rings (SSSR count). The van der Waals surface area contributed by atoms with E-state index in [1.165, 1.54) is 0 Å². The number of aromatic nitrogens is 1. The molecular weight excluding hydrogens is 216 g/mol. The average Bonchev–Trinajstić information content (AvgIpc) is 2.38. The van der Waals surface area contributed by atoms with Crippen LogP contribution in [0, 0.1) is 22.7 Å². The minimum Gasteiger partial charge on any atom is -0.387 e. The molecule has 0 aliphatic heterocycles. The lowest BCUT2D eigenvalue weighted by Crippen LogP contribution is -2.23. The summed E-state index contributed by atoms with van der Waals surface area (Å²) in [5.41, 5.74) is 1.31. The van der Waals surface area contributed by atoms with Crippen molar-refractivity contribution in [3.8, 4) is 12.1 Å². The molecule has 1 aromatic rings. The van der Waals surface area contributed by atoms with Crippen molar-refractivity contribution in [1.82, 2.24) is 4.98 Å². The van der Waals surface area contributed by atoms with E-state index >= 15 is 0 Å². The number of anilines is 1. The fourth-order valence-electron chi connectivity index (χ4n) is 1.40. The lowest BCUT2D eigenvalue weighted by atomic mass is 10.2. The third-order valence-corrected chi connectivity index (χ3v) is 2.39. The molecule has 1 aromatic heterocycles. The Bertz CT molecular complexity index is 413. The van der Waals surface area contributed by atoms with Gasteiger partial charge in [0, 0.05) is 0 Å². The highest BCUT2D eigenvalue weighted by Gasteiger charge is 2.09. The molecule has 88 valence electrons. The maximum absolute atomic E-state index is 9.58. The van der Waals surface area contributed by atoms with Crippen molar-refractivity contribution in [3.05, 3.63) is 24.0 Å². The van der Waals surface area contributed by atoms with Crippen molar-refractivity contribution >= 4 is 5.69 Å². The van der Waals surface area contributed by atoms with Crippen molar-refractivity contribution in [3.63, 3.8) is 0 Å². The summed E-state index contributed by atoms with van der Waals surface area (Å²) in [4.78, 5) is 5.74. The Morgan fingerprint density at radius 3 is 2.41 bits per heavy atom. The zero-order valence-corrected chi connectivity index (χ0v) is 9.67. The molecule has 0 spiro atoms. The SMILES string of the molecule is CC[C@H](O)c1ccc(N(CC#N)CC#N)cn1. The van der Waals surface area contributed by atoms with Gasteiger partial charge < -0.3 is 10.0 Å². The van der Waals surface area contributed by atoms with E-state index in [1.54, 1.807) is 23.2 Å². The van der Waals surface area contributed by atoms with Crippen LogP contribution in [-0.4, -0.2) is 23.2 Å². The van der Waals surface area contributed by atoms with E-state index in [-0.39, 0.29) is 13.1 Å². The molecule has 5 nitrogen and oxygen atoms in total. The molecule has 5 heteroatoms. The van der Waals surface area contributed by atoms with Gasteiger partial charge in [0.1, 0.15) is 13.1 Å². The third kappa shape index (κ3) is 3.44. The van der Waals surface area contributed by atoms with E-state index in [0.29, 0.717) is 17.8 Å². The van der Waals surface area contributed by atoms with Crippen LogP contribution in [0.25, 0.3) is 0 Å². The normalized spacial score (nSPS) is 11.3. The molecule has 0 unspecified atom stereocenters. The topological polar surface area (TPSA) is 83.9 Å². The zero-order chi connectivity index (χ0) is 12.7. The number of pyridine rings is 1.